The molecule has 13 N–H and O–H groups in total. The van der Waals surface area contributed by atoms with Gasteiger partial charge in [0.05, 0.1) is 25.0 Å². The number of likely N-dealkylation sites (N-methyl/N-ethyl adjacent to an activating group) is 1. The van der Waals surface area contributed by atoms with Crippen LogP contribution in [0.15, 0.2) is 54.7 Å². The SMILES string of the molecule is CNCCCC[C@H](CC(=O)CCCCCNC(=O)[C@H](CCC(=O)O)CC(=O)[C@H](Cc1c[nH]c2ccccc12)NC(=O)[C@@H](CC(=O)CNC(=O)[C@H](CCC(=O)O)CC(=O)[C@@H](CC(=O)O)NC)Cc1cccc(F)c1)C(N)=O.[CH2-]CC.[CH2-]CCN.[W+2]. The van der Waals surface area contributed by atoms with Gasteiger partial charge in [-0.05, 0) is 101 Å². The number of amides is 4. The van der Waals surface area contributed by atoms with Crippen molar-refractivity contribution < 1.29 is 93.5 Å². The number of rotatable bonds is 42. The van der Waals surface area contributed by atoms with Crippen LogP contribution in [0.2, 0.25) is 0 Å². The van der Waals surface area contributed by atoms with Crippen LogP contribution in [-0.4, -0.2) is 137 Å². The topological polar surface area (TPSA) is 376 Å². The first kappa shape index (κ1) is 77.4. The number of fused-ring (bicyclic) bond motifs is 1. The van der Waals surface area contributed by atoms with Crippen molar-refractivity contribution >= 4 is 75.6 Å². The Labute approximate surface area is 506 Å². The van der Waals surface area contributed by atoms with E-state index in [2.05, 4.69) is 45.4 Å². The molecule has 24 heteroatoms. The summed E-state index contributed by atoms with van der Waals surface area (Å²) in [7, 11) is 3.18. The number of aliphatic carboxylic acids is 3. The molecule has 84 heavy (non-hydrogen) atoms. The van der Waals surface area contributed by atoms with Crippen molar-refractivity contribution in [2.75, 3.05) is 40.3 Å². The zero-order valence-corrected chi connectivity index (χ0v) is 51.8. The molecule has 2 aromatic carbocycles. The number of ketones is 4. The predicted octanol–water partition coefficient (Wildman–Crippen LogP) is 4.74. The second-order valence-electron chi connectivity index (χ2n) is 20.3. The van der Waals surface area contributed by atoms with Crippen LogP contribution >= 0.6 is 0 Å². The van der Waals surface area contributed by atoms with E-state index in [4.69, 9.17) is 11.5 Å². The number of nitrogens with two attached hydrogens (primary N) is 2. The molecular formula is C60H89FN8O14W. The molecule has 0 saturated heterocycles. The largest absolute Gasteiger partial charge is 2.00 e. The first-order chi connectivity index (χ1) is 39.5. The molecule has 3 aromatic rings. The minimum Gasteiger partial charge on any atom is -0.481 e. The molecule has 1 heterocycles. The molecule has 1 aromatic heterocycles. The molecule has 0 bridgehead atoms. The molecule has 22 nitrogen and oxygen atoms in total. The number of carboxylic acids is 3. The summed E-state index contributed by atoms with van der Waals surface area (Å²) in [5.74, 6) is -13.5. The fourth-order valence-electron chi connectivity index (χ4n) is 8.90. The van der Waals surface area contributed by atoms with E-state index in [0.717, 1.165) is 49.2 Å². The molecule has 4 amide bonds. The van der Waals surface area contributed by atoms with Crippen molar-refractivity contribution in [3.8, 4) is 0 Å². The average Bonchev–Trinajstić information content (AvgIpc) is 4.11. The Kier molecular flexibility index (Phi) is 41.4. The zero-order valence-electron chi connectivity index (χ0n) is 48.8. The van der Waals surface area contributed by atoms with E-state index >= 15 is 0 Å². The first-order valence-electron chi connectivity index (χ1n) is 28.3. The number of nitrogens with one attached hydrogen (secondary N) is 6. The Balaban J connectivity index is 0.00000814. The Morgan fingerprint density at radius 2 is 1.21 bits per heavy atom. The maximum absolute atomic E-state index is 14.5. The third-order valence-electron chi connectivity index (χ3n) is 13.4. The van der Waals surface area contributed by atoms with Gasteiger partial charge < -0.3 is 72.2 Å². The number of unbranched alkanes of at least 4 members (excludes halogenated alkanes) is 3. The maximum atomic E-state index is 14.5. The van der Waals surface area contributed by atoms with Gasteiger partial charge in [0.25, 0.3) is 0 Å². The van der Waals surface area contributed by atoms with Gasteiger partial charge in [0.1, 0.15) is 11.6 Å². The van der Waals surface area contributed by atoms with Gasteiger partial charge in [0.15, 0.2) is 17.3 Å². The van der Waals surface area contributed by atoms with Gasteiger partial charge in [0.2, 0.25) is 23.6 Å². The molecule has 0 fully saturated rings. The predicted molar refractivity (Wildman–Crippen MR) is 311 cm³/mol. The van der Waals surface area contributed by atoms with E-state index in [1.54, 1.807) is 30.5 Å². The summed E-state index contributed by atoms with van der Waals surface area (Å²) in [5, 5.41) is 42.3. The third-order valence-corrected chi connectivity index (χ3v) is 13.4. The van der Waals surface area contributed by atoms with Crippen LogP contribution < -0.4 is 38.1 Å². The molecular weight excluding hydrogens is 1260 g/mol. The number of aromatic nitrogens is 1. The molecule has 6 atom stereocenters. The number of para-hydroxylation sites is 1. The number of aromatic amines is 1. The minimum absolute atomic E-state index is 0. The monoisotopic (exact) mass is 1350 g/mol. The summed E-state index contributed by atoms with van der Waals surface area (Å²) in [6.45, 7) is 9.94. The van der Waals surface area contributed by atoms with Gasteiger partial charge in [0, 0.05) is 98.7 Å². The molecule has 0 unspecified atom stereocenters. The summed E-state index contributed by atoms with van der Waals surface area (Å²) in [4.78, 5) is 145. The van der Waals surface area contributed by atoms with Gasteiger partial charge in [-0.2, -0.15) is 12.8 Å². The number of hydrogen-bond donors (Lipinski definition) is 11. The summed E-state index contributed by atoms with van der Waals surface area (Å²) in [6.07, 6.45) is 3.35. The van der Waals surface area contributed by atoms with E-state index in [1.165, 1.54) is 25.2 Å². The van der Waals surface area contributed by atoms with Gasteiger partial charge >= 0.3 is 39.0 Å². The van der Waals surface area contributed by atoms with Crippen LogP contribution in [0.4, 0.5) is 4.39 Å². The van der Waals surface area contributed by atoms with E-state index in [1.807, 2.05) is 14.0 Å². The van der Waals surface area contributed by atoms with Gasteiger partial charge in [-0.1, -0.05) is 50.1 Å². The fourth-order valence-corrected chi connectivity index (χ4v) is 8.90. The van der Waals surface area contributed by atoms with Crippen LogP contribution in [0.1, 0.15) is 134 Å². The normalized spacial score (nSPS) is 12.8. The standard InChI is InChI=1S/C54H74FN7O14.C3H8N.C3H7.W/c1-57-21-9-7-12-34(51(56)73)25-40(63)14-4-3-8-22-59-52(74)35(17-19-48(67)68)29-47(66)45(27-38-31-60-43-16-6-5-15-42(38)43)62-54(76)37(23-33-11-10-13-39(55)24-33)26-41(64)32-61-53(75)36(18-20-49(69)70)28-46(65)44(58-2)30-50(71)72;1-2-3-4;1-3-2;/h5-6,10-11,13,15-16,24,31,34-37,44-45,57-58,60H,3-4,7-9,12,14,17-23,25-30,32H2,1-2H3,(H2,56,73)(H,59,74)(H,61,75)(H,62,76)(H,67,68)(H,69,70)(H,71,72);1-4H2;1,3H2,2H3;/q;2*-1;+2/t34-,35-,36-,37-,44-,45+;;;/m1.../s1. The third kappa shape index (κ3) is 33.1. The zero-order chi connectivity index (χ0) is 62.3. The van der Waals surface area contributed by atoms with E-state index < -0.39 is 146 Å². The molecule has 3 rings (SSSR count). The Hall–Kier alpha value is -6.55. The number of hydrogen-bond acceptors (Lipinski definition) is 14. The van der Waals surface area contributed by atoms with Crippen LogP contribution in [-0.2, 0) is 86.6 Å². The van der Waals surface area contributed by atoms with Crippen molar-refractivity contribution in [3.63, 3.8) is 0 Å². The van der Waals surface area contributed by atoms with Gasteiger partial charge in [-0.3, -0.25) is 52.7 Å². The van der Waals surface area contributed by atoms with Crippen molar-refractivity contribution in [1.29, 1.82) is 0 Å². The number of carboxylic acid groups (broad SMARTS) is 3. The van der Waals surface area contributed by atoms with Crippen LogP contribution in [0.3, 0.4) is 0 Å². The molecule has 0 radical (unpaired) electrons. The number of halogens is 1. The van der Waals surface area contributed by atoms with E-state index in [-0.39, 0.29) is 71.9 Å². The Morgan fingerprint density at radius 3 is 1.77 bits per heavy atom. The van der Waals surface area contributed by atoms with E-state index in [9.17, 15) is 72.4 Å². The molecule has 0 aliphatic rings. The summed E-state index contributed by atoms with van der Waals surface area (Å²) in [5.41, 5.74) is 12.1. The second-order valence-corrected chi connectivity index (χ2v) is 20.3. The molecule has 0 saturated carbocycles. The van der Waals surface area contributed by atoms with Crippen molar-refractivity contribution in [2.45, 2.75) is 147 Å². The quantitative estimate of drug-likeness (QED) is 0.0270. The van der Waals surface area contributed by atoms with Gasteiger partial charge in [-0.15, -0.1) is 0 Å². The number of benzene rings is 2. The minimum atomic E-state index is -1.34. The molecule has 466 valence electrons. The number of H-pyrrole nitrogens is 1. The Bertz CT molecular complexity index is 2540. The Morgan fingerprint density at radius 1 is 0.631 bits per heavy atom. The van der Waals surface area contributed by atoms with Crippen LogP contribution in [0.25, 0.3) is 10.9 Å². The second kappa shape index (κ2) is 44.9. The van der Waals surface area contributed by atoms with Gasteiger partial charge in [-0.25, -0.2) is 4.39 Å². The van der Waals surface area contributed by atoms with Crippen molar-refractivity contribution in [3.05, 3.63) is 85.5 Å². The summed E-state index contributed by atoms with van der Waals surface area (Å²) >= 11 is 0. The van der Waals surface area contributed by atoms with E-state index in [0.29, 0.717) is 43.4 Å². The van der Waals surface area contributed by atoms with Crippen LogP contribution in [0, 0.1) is 43.3 Å². The summed E-state index contributed by atoms with van der Waals surface area (Å²) < 4.78 is 14.5. The first-order valence-corrected chi connectivity index (χ1v) is 28.3. The number of Topliss-reactive ketones (excluding diaryl/α,β-unsaturated/α-hetero) is 4. The smallest absolute Gasteiger partial charge is 0.481 e. The number of carbonyl (C=O) groups is 11. The maximum Gasteiger partial charge on any atom is 2.00 e. The fraction of sp³-hybridized carbons (Fsp3) is 0.550. The van der Waals surface area contributed by atoms with Crippen LogP contribution in [0.5, 0.6) is 0 Å². The molecule has 0 spiro atoms. The molecule has 0 aliphatic heterocycles. The summed E-state index contributed by atoms with van der Waals surface area (Å²) in [6, 6.07) is 9.93. The van der Waals surface area contributed by atoms with Crippen molar-refractivity contribution in [2.24, 2.45) is 35.1 Å². The number of primary amides is 1. The average molecular weight is 1350 g/mol. The molecule has 0 aliphatic carbocycles. The number of carbonyl (C=O) groups excluding carboxylic acids is 8. The van der Waals surface area contributed by atoms with Crippen molar-refractivity contribution in [1.82, 2.24) is 31.6 Å².